The van der Waals surface area contributed by atoms with E-state index < -0.39 is 196 Å². The number of fused-ring (bicyclic) bond motifs is 7. The standard InChI is InChI=1S/C58H92O27/c1-23-9-14-58(53(75)85-52-43(72)39(68)36(65)30(81-52)21-77-48-44(73)40(69)47(29(19-60)80-48)84-50-41(70)37(66)34(63)24(2)78-50)16-15-56(5)25(26(58)17-23)7-8-32-54(3)12-11-33(55(4,22-61)31(54)10-13-57(32,56)6)82-49-45(74)46(27(62)20-76-49)83-51-42(71)38(67)35(64)28(18-59)79-51/h7,24,26-52,59-74H,1,8-22H2,2-6H3. The molecular formula is C58H92O27. The number of rotatable bonds is 14. The molecule has 0 radical (unpaired) electrons. The first-order valence-corrected chi connectivity index (χ1v) is 30.1. The summed E-state index contributed by atoms with van der Waals surface area (Å²) in [5, 5.41) is 172. The Morgan fingerprint density at radius 2 is 1.20 bits per heavy atom. The fraction of sp³-hybridized carbons (Fsp3) is 0.914. The van der Waals surface area contributed by atoms with E-state index in [9.17, 15) is 81.7 Å². The van der Waals surface area contributed by atoms with Crippen molar-refractivity contribution >= 4 is 5.97 Å². The Kier molecular flexibility index (Phi) is 19.3. The number of hydrogen-bond donors (Lipinski definition) is 16. The van der Waals surface area contributed by atoms with Crippen LogP contribution in [0.3, 0.4) is 0 Å². The summed E-state index contributed by atoms with van der Waals surface area (Å²) >= 11 is 0. The van der Waals surface area contributed by atoms with Gasteiger partial charge >= 0.3 is 5.97 Å². The molecule has 0 aromatic rings. The van der Waals surface area contributed by atoms with Crippen molar-refractivity contribution in [2.45, 2.75) is 252 Å². The monoisotopic (exact) mass is 1220 g/mol. The minimum atomic E-state index is -1.91. The quantitative estimate of drug-likeness (QED) is 0.0447. The van der Waals surface area contributed by atoms with Gasteiger partial charge in [-0.1, -0.05) is 51.5 Å². The smallest absolute Gasteiger partial charge is 0.315 e. The number of esters is 1. The van der Waals surface area contributed by atoms with Gasteiger partial charge in [0.2, 0.25) is 6.29 Å². The van der Waals surface area contributed by atoms with Crippen molar-refractivity contribution in [2.24, 2.45) is 44.8 Å². The molecular weight excluding hydrogens is 1130 g/mol. The van der Waals surface area contributed by atoms with Gasteiger partial charge in [-0.2, -0.15) is 0 Å². The van der Waals surface area contributed by atoms with Crippen LogP contribution in [0.25, 0.3) is 0 Å². The summed E-state index contributed by atoms with van der Waals surface area (Å²) in [5.74, 6) is -1.02. The third-order valence-electron chi connectivity index (χ3n) is 22.6. The zero-order valence-corrected chi connectivity index (χ0v) is 48.7. The molecule has 33 atom stereocenters. The molecule has 0 spiro atoms. The zero-order valence-electron chi connectivity index (χ0n) is 48.7. The summed E-state index contributed by atoms with van der Waals surface area (Å²) in [6, 6.07) is 0. The summed E-state index contributed by atoms with van der Waals surface area (Å²) in [7, 11) is 0. The molecule has 5 saturated heterocycles. The molecule has 9 fully saturated rings. The highest BCUT2D eigenvalue weighted by Gasteiger charge is 2.70. The maximum atomic E-state index is 15.1. The Balaban J connectivity index is 0.812. The maximum Gasteiger partial charge on any atom is 0.315 e. The predicted molar refractivity (Wildman–Crippen MR) is 285 cm³/mol. The van der Waals surface area contributed by atoms with Crippen molar-refractivity contribution in [1.82, 2.24) is 0 Å². The number of ether oxygens (including phenoxy) is 10. The minimum Gasteiger partial charge on any atom is -0.432 e. The second-order valence-corrected chi connectivity index (χ2v) is 27.1. The van der Waals surface area contributed by atoms with E-state index in [1.807, 2.05) is 6.92 Å². The van der Waals surface area contributed by atoms with Gasteiger partial charge < -0.3 is 129 Å². The van der Waals surface area contributed by atoms with Gasteiger partial charge in [-0.3, -0.25) is 4.79 Å². The molecule has 0 bridgehead atoms. The molecule has 27 heteroatoms. The van der Waals surface area contributed by atoms with Crippen LogP contribution in [0.1, 0.15) is 98.8 Å². The third-order valence-corrected chi connectivity index (χ3v) is 22.6. The van der Waals surface area contributed by atoms with Crippen LogP contribution in [-0.2, 0) is 52.2 Å². The van der Waals surface area contributed by atoms with Crippen LogP contribution < -0.4 is 0 Å². The number of carbonyl (C=O) groups excluding carboxylic acids is 1. The van der Waals surface area contributed by atoms with Crippen LogP contribution >= 0.6 is 0 Å². The van der Waals surface area contributed by atoms with E-state index in [1.54, 1.807) is 0 Å². The van der Waals surface area contributed by atoms with Gasteiger partial charge in [-0.05, 0) is 99.2 Å². The van der Waals surface area contributed by atoms with Gasteiger partial charge in [0.05, 0.1) is 50.7 Å². The Hall–Kier alpha value is -2.05. The number of carbonyl (C=O) groups is 1. The Bertz CT molecular complexity index is 2380. The molecule has 10 aliphatic rings. The van der Waals surface area contributed by atoms with Gasteiger partial charge in [0.15, 0.2) is 25.2 Å². The highest BCUT2D eigenvalue weighted by Crippen LogP contribution is 2.75. The molecule has 10 rings (SSSR count). The van der Waals surface area contributed by atoms with E-state index in [0.717, 1.165) is 17.6 Å². The summed E-state index contributed by atoms with van der Waals surface area (Å²) in [6.45, 7) is 11.9. The number of hydrogen-bond acceptors (Lipinski definition) is 27. The lowest BCUT2D eigenvalue weighted by Crippen LogP contribution is -2.67. The van der Waals surface area contributed by atoms with Crippen molar-refractivity contribution in [3.8, 4) is 0 Å². The van der Waals surface area contributed by atoms with Crippen molar-refractivity contribution < 1.29 is 134 Å². The average Bonchev–Trinajstić information content (AvgIpc) is 0.727. The summed E-state index contributed by atoms with van der Waals surface area (Å²) in [6.07, 6.45) is -31.7. The molecule has 5 heterocycles. The molecule has 5 aliphatic carbocycles. The van der Waals surface area contributed by atoms with Crippen LogP contribution in [0.4, 0.5) is 0 Å². The first kappa shape index (κ1) is 65.9. The van der Waals surface area contributed by atoms with Gasteiger partial charge in [0, 0.05) is 11.3 Å². The first-order chi connectivity index (χ1) is 40.0. The second kappa shape index (κ2) is 24.9. The Morgan fingerprint density at radius 3 is 1.87 bits per heavy atom. The highest BCUT2D eigenvalue weighted by molar-refractivity contribution is 5.79. The number of allylic oxidation sites excluding steroid dienone is 3. The molecule has 4 saturated carbocycles. The average molecular weight is 1220 g/mol. The summed E-state index contributed by atoms with van der Waals surface area (Å²) in [5.41, 5.74) is -0.990. The van der Waals surface area contributed by atoms with Crippen molar-refractivity contribution in [3.05, 3.63) is 23.8 Å². The van der Waals surface area contributed by atoms with E-state index in [2.05, 4.69) is 33.4 Å². The first-order valence-electron chi connectivity index (χ1n) is 30.1. The van der Waals surface area contributed by atoms with Crippen molar-refractivity contribution in [1.29, 1.82) is 0 Å². The van der Waals surface area contributed by atoms with Gasteiger partial charge in [-0.25, -0.2) is 0 Å². The molecule has 486 valence electrons. The zero-order chi connectivity index (χ0) is 61.8. The lowest BCUT2D eigenvalue weighted by Gasteiger charge is -2.71. The minimum absolute atomic E-state index is 0.0865. The van der Waals surface area contributed by atoms with E-state index in [1.165, 1.54) is 6.92 Å². The molecule has 0 amide bonds. The summed E-state index contributed by atoms with van der Waals surface area (Å²) < 4.78 is 58.6. The van der Waals surface area contributed by atoms with Crippen LogP contribution in [0, 0.1) is 44.8 Å². The van der Waals surface area contributed by atoms with Gasteiger partial charge in [0.25, 0.3) is 0 Å². The number of aliphatic hydroxyl groups excluding tert-OH is 16. The maximum absolute atomic E-state index is 15.1. The molecule has 85 heavy (non-hydrogen) atoms. The second-order valence-electron chi connectivity index (χ2n) is 27.1. The molecule has 0 aromatic carbocycles. The van der Waals surface area contributed by atoms with Crippen molar-refractivity contribution in [2.75, 3.05) is 33.0 Å². The van der Waals surface area contributed by atoms with Gasteiger partial charge in [0.1, 0.15) is 110 Å². The Labute approximate surface area is 492 Å². The fourth-order valence-corrected chi connectivity index (χ4v) is 17.2. The fourth-order valence-electron chi connectivity index (χ4n) is 17.2. The van der Waals surface area contributed by atoms with Crippen LogP contribution in [-0.4, -0.2) is 274 Å². The lowest BCUT2D eigenvalue weighted by atomic mass is 9.34. The third kappa shape index (κ3) is 11.0. The SMILES string of the molecule is C=C1CCC2(C(=O)OC3OC(COC4OC(CO)C(OC5OC(C)C(O)C(O)C5O)C(O)C4O)C(O)C(O)C3O)CCC3(C)C(=CCC4C5(C)CCC(OC6OCC(O)C(OC7OC(CO)C(O)C(O)C7O)C6O)C(C)(CO)C5CCC43C)C2C1. The Morgan fingerprint density at radius 1 is 0.600 bits per heavy atom. The van der Waals surface area contributed by atoms with Crippen LogP contribution in [0.15, 0.2) is 23.8 Å². The lowest BCUT2D eigenvalue weighted by molar-refractivity contribution is -0.361. The van der Waals surface area contributed by atoms with Crippen molar-refractivity contribution in [3.63, 3.8) is 0 Å². The molecule has 16 N–H and O–H groups in total. The van der Waals surface area contributed by atoms with Crippen LogP contribution in [0.5, 0.6) is 0 Å². The van der Waals surface area contributed by atoms with E-state index in [4.69, 9.17) is 47.4 Å². The molecule has 5 aliphatic heterocycles. The van der Waals surface area contributed by atoms with E-state index in [0.29, 0.717) is 57.8 Å². The molecule has 27 nitrogen and oxygen atoms in total. The molecule has 33 unspecified atom stereocenters. The normalized spacial score (nSPS) is 54.6. The molecule has 0 aromatic heterocycles. The highest BCUT2D eigenvalue weighted by atomic mass is 16.8. The van der Waals surface area contributed by atoms with E-state index in [-0.39, 0.29) is 41.8 Å². The summed E-state index contributed by atoms with van der Waals surface area (Å²) in [4.78, 5) is 15.1. The van der Waals surface area contributed by atoms with Crippen LogP contribution in [0.2, 0.25) is 0 Å². The van der Waals surface area contributed by atoms with Gasteiger partial charge in [-0.15, -0.1) is 0 Å². The van der Waals surface area contributed by atoms with E-state index >= 15 is 4.79 Å². The number of aliphatic hydroxyl groups is 16. The predicted octanol–water partition coefficient (Wildman–Crippen LogP) is -4.04. The topological polar surface area (TPSA) is 433 Å². The largest absolute Gasteiger partial charge is 0.432 e.